The molecule has 0 radical (unpaired) electrons. The molecule has 0 aliphatic heterocycles. The van der Waals surface area contributed by atoms with Crippen LogP contribution in [0, 0.1) is 6.92 Å². The Hall–Kier alpha value is -0.480. The fraction of sp³-hybridized carbons (Fsp3) is 0.700. The van der Waals surface area contributed by atoms with E-state index in [9.17, 15) is 4.39 Å². The van der Waals surface area contributed by atoms with Gasteiger partial charge in [-0.1, -0.05) is 0 Å². The number of aryl methyl sites for hydroxylation is 1. The molecule has 1 aliphatic rings. The SMILES string of the molecule is Cc1ncsc1CN[C@H]1CCC[C@H]1F. The molecular formula is C10H15FN2S. The zero-order valence-electron chi connectivity index (χ0n) is 8.29. The molecule has 1 heterocycles. The second-order valence-corrected chi connectivity index (χ2v) is 4.73. The Morgan fingerprint density at radius 1 is 1.64 bits per heavy atom. The Labute approximate surface area is 87.6 Å². The Kier molecular flexibility index (Phi) is 3.13. The number of thiazole rings is 1. The summed E-state index contributed by atoms with van der Waals surface area (Å²) in [7, 11) is 0. The molecule has 1 aromatic heterocycles. The maximum atomic E-state index is 13.2. The molecule has 4 heteroatoms. The summed E-state index contributed by atoms with van der Waals surface area (Å²) in [5, 5.41) is 3.27. The monoisotopic (exact) mass is 214 g/mol. The lowest BCUT2D eigenvalue weighted by Crippen LogP contribution is -2.32. The summed E-state index contributed by atoms with van der Waals surface area (Å²) in [5.74, 6) is 0. The highest BCUT2D eigenvalue weighted by atomic mass is 32.1. The van der Waals surface area contributed by atoms with Crippen LogP contribution in [0.5, 0.6) is 0 Å². The van der Waals surface area contributed by atoms with Crippen molar-refractivity contribution < 1.29 is 4.39 Å². The number of halogens is 1. The van der Waals surface area contributed by atoms with Crippen molar-refractivity contribution in [2.24, 2.45) is 0 Å². The van der Waals surface area contributed by atoms with Gasteiger partial charge in [-0.3, -0.25) is 0 Å². The quantitative estimate of drug-likeness (QED) is 0.836. The van der Waals surface area contributed by atoms with Gasteiger partial charge in [0.2, 0.25) is 0 Å². The summed E-state index contributed by atoms with van der Waals surface area (Å²) in [6.07, 6.45) is 2.06. The minimum atomic E-state index is -0.650. The standard InChI is InChI=1S/C10H15FN2S/c1-7-10(14-6-13-7)5-12-9-4-2-3-8(9)11/h6,8-9,12H,2-5H2,1H3/t8-,9+/m1/s1. The Bertz CT molecular complexity index is 300. The van der Waals surface area contributed by atoms with Crippen LogP contribution in [0.1, 0.15) is 29.8 Å². The number of hydrogen-bond donors (Lipinski definition) is 1. The molecule has 1 saturated carbocycles. The number of hydrogen-bond acceptors (Lipinski definition) is 3. The molecule has 2 rings (SSSR count). The molecule has 1 N–H and O–H groups in total. The van der Waals surface area contributed by atoms with Gasteiger partial charge in [-0.05, 0) is 26.2 Å². The third-order valence-corrected chi connectivity index (χ3v) is 3.74. The summed E-state index contributed by atoms with van der Waals surface area (Å²) < 4.78 is 13.2. The molecule has 78 valence electrons. The molecule has 1 fully saturated rings. The average Bonchev–Trinajstić information content (AvgIpc) is 2.72. The van der Waals surface area contributed by atoms with E-state index in [-0.39, 0.29) is 6.04 Å². The molecule has 0 amide bonds. The summed E-state index contributed by atoms with van der Waals surface area (Å²) in [4.78, 5) is 5.39. The maximum Gasteiger partial charge on any atom is 0.115 e. The van der Waals surface area contributed by atoms with E-state index in [2.05, 4.69) is 10.3 Å². The molecule has 1 aromatic rings. The first kappa shape index (κ1) is 10.1. The predicted octanol–water partition coefficient (Wildman–Crippen LogP) is 2.43. The Balaban J connectivity index is 1.85. The van der Waals surface area contributed by atoms with E-state index < -0.39 is 6.17 Å². The van der Waals surface area contributed by atoms with Gasteiger partial charge in [0, 0.05) is 17.5 Å². The van der Waals surface area contributed by atoms with Gasteiger partial charge in [-0.2, -0.15) is 0 Å². The summed E-state index contributed by atoms with van der Waals surface area (Å²) in [6.45, 7) is 2.76. The number of rotatable bonds is 3. The van der Waals surface area contributed by atoms with Crippen LogP contribution in [0.15, 0.2) is 5.51 Å². The van der Waals surface area contributed by atoms with Gasteiger partial charge in [0.05, 0.1) is 11.2 Å². The zero-order chi connectivity index (χ0) is 9.97. The highest BCUT2D eigenvalue weighted by Gasteiger charge is 2.26. The minimum Gasteiger partial charge on any atom is -0.306 e. The second kappa shape index (κ2) is 4.36. The Morgan fingerprint density at radius 3 is 3.07 bits per heavy atom. The molecular weight excluding hydrogens is 199 g/mol. The van der Waals surface area contributed by atoms with Gasteiger partial charge in [0.1, 0.15) is 6.17 Å². The van der Waals surface area contributed by atoms with Crippen molar-refractivity contribution in [2.45, 2.75) is 44.9 Å². The van der Waals surface area contributed by atoms with Crippen LogP contribution in [-0.4, -0.2) is 17.2 Å². The van der Waals surface area contributed by atoms with Gasteiger partial charge in [0.15, 0.2) is 0 Å². The van der Waals surface area contributed by atoms with Crippen LogP contribution < -0.4 is 5.32 Å². The largest absolute Gasteiger partial charge is 0.306 e. The normalized spacial score (nSPS) is 27.0. The van der Waals surface area contributed by atoms with Gasteiger partial charge in [0.25, 0.3) is 0 Å². The highest BCUT2D eigenvalue weighted by Crippen LogP contribution is 2.22. The summed E-state index contributed by atoms with van der Waals surface area (Å²) in [6, 6.07) is 0.0662. The smallest absolute Gasteiger partial charge is 0.115 e. The third kappa shape index (κ3) is 2.12. The fourth-order valence-electron chi connectivity index (χ4n) is 1.86. The fourth-order valence-corrected chi connectivity index (χ4v) is 2.59. The zero-order valence-corrected chi connectivity index (χ0v) is 9.11. The van der Waals surface area contributed by atoms with Crippen molar-refractivity contribution in [3.63, 3.8) is 0 Å². The van der Waals surface area contributed by atoms with Crippen molar-refractivity contribution in [2.75, 3.05) is 0 Å². The molecule has 0 aromatic carbocycles. The second-order valence-electron chi connectivity index (χ2n) is 3.80. The average molecular weight is 214 g/mol. The van der Waals surface area contributed by atoms with E-state index in [1.807, 2.05) is 12.4 Å². The predicted molar refractivity (Wildman–Crippen MR) is 56.2 cm³/mol. The number of alkyl halides is 1. The molecule has 14 heavy (non-hydrogen) atoms. The van der Waals surface area contributed by atoms with Crippen molar-refractivity contribution in [1.29, 1.82) is 0 Å². The molecule has 0 spiro atoms. The van der Waals surface area contributed by atoms with Crippen LogP contribution in [0.4, 0.5) is 4.39 Å². The van der Waals surface area contributed by atoms with E-state index in [0.29, 0.717) is 0 Å². The van der Waals surface area contributed by atoms with Crippen LogP contribution in [0.2, 0.25) is 0 Å². The van der Waals surface area contributed by atoms with Crippen molar-refractivity contribution >= 4 is 11.3 Å². The minimum absolute atomic E-state index is 0.0662. The summed E-state index contributed by atoms with van der Waals surface area (Å²) >= 11 is 1.64. The molecule has 1 aliphatic carbocycles. The number of nitrogens with zero attached hydrogens (tertiary/aromatic N) is 1. The molecule has 0 bridgehead atoms. The van der Waals surface area contributed by atoms with Crippen LogP contribution in [0.3, 0.4) is 0 Å². The van der Waals surface area contributed by atoms with Crippen molar-refractivity contribution in [1.82, 2.24) is 10.3 Å². The third-order valence-electron chi connectivity index (χ3n) is 2.80. The maximum absolute atomic E-state index is 13.2. The van der Waals surface area contributed by atoms with E-state index in [4.69, 9.17) is 0 Å². The van der Waals surface area contributed by atoms with Crippen molar-refractivity contribution in [3.8, 4) is 0 Å². The lowest BCUT2D eigenvalue weighted by atomic mass is 10.2. The summed E-state index contributed by atoms with van der Waals surface area (Å²) in [5.41, 5.74) is 2.91. The van der Waals surface area contributed by atoms with Crippen molar-refractivity contribution in [3.05, 3.63) is 16.1 Å². The van der Waals surface area contributed by atoms with E-state index in [1.54, 1.807) is 11.3 Å². The first-order valence-corrected chi connectivity index (χ1v) is 5.92. The number of aromatic nitrogens is 1. The van der Waals surface area contributed by atoms with Gasteiger partial charge in [-0.25, -0.2) is 9.37 Å². The highest BCUT2D eigenvalue weighted by molar-refractivity contribution is 7.09. The molecule has 2 nitrogen and oxygen atoms in total. The van der Waals surface area contributed by atoms with Gasteiger partial charge >= 0.3 is 0 Å². The lowest BCUT2D eigenvalue weighted by Gasteiger charge is -2.13. The van der Waals surface area contributed by atoms with E-state index in [0.717, 1.165) is 31.5 Å². The Morgan fingerprint density at radius 2 is 2.50 bits per heavy atom. The molecule has 0 saturated heterocycles. The van der Waals surface area contributed by atoms with Gasteiger partial charge < -0.3 is 5.32 Å². The van der Waals surface area contributed by atoms with E-state index in [1.165, 1.54) is 4.88 Å². The lowest BCUT2D eigenvalue weighted by molar-refractivity contribution is 0.279. The molecule has 0 unspecified atom stereocenters. The first-order valence-electron chi connectivity index (χ1n) is 5.04. The van der Waals surface area contributed by atoms with E-state index >= 15 is 0 Å². The topological polar surface area (TPSA) is 24.9 Å². The number of nitrogens with one attached hydrogen (secondary N) is 1. The van der Waals surface area contributed by atoms with Crippen LogP contribution in [0.25, 0.3) is 0 Å². The van der Waals surface area contributed by atoms with Crippen LogP contribution in [-0.2, 0) is 6.54 Å². The van der Waals surface area contributed by atoms with Crippen LogP contribution >= 0.6 is 11.3 Å². The first-order chi connectivity index (χ1) is 6.77. The molecule has 2 atom stereocenters. The van der Waals surface area contributed by atoms with Gasteiger partial charge in [-0.15, -0.1) is 11.3 Å².